The zero-order valence-electron chi connectivity index (χ0n) is 22.5. The van der Waals surface area contributed by atoms with Crippen molar-refractivity contribution in [2.45, 2.75) is 36.8 Å². The second-order valence-electron chi connectivity index (χ2n) is 10.6. The van der Waals surface area contributed by atoms with E-state index in [2.05, 4.69) is 15.6 Å². The second kappa shape index (κ2) is 11.4. The zero-order valence-corrected chi connectivity index (χ0v) is 22.5. The molecule has 0 bridgehead atoms. The van der Waals surface area contributed by atoms with Crippen LogP contribution in [0.15, 0.2) is 54.0 Å². The van der Waals surface area contributed by atoms with Gasteiger partial charge in [-0.25, -0.2) is 4.39 Å². The van der Waals surface area contributed by atoms with Crippen LogP contribution in [0, 0.1) is 0 Å². The van der Waals surface area contributed by atoms with Crippen molar-refractivity contribution in [1.82, 2.24) is 25.4 Å². The molecule has 0 aliphatic carbocycles. The number of benzene rings is 1. The number of halogens is 4. The topological polar surface area (TPSA) is 113 Å². The minimum Gasteiger partial charge on any atom is -0.380 e. The van der Waals surface area contributed by atoms with Crippen LogP contribution >= 0.6 is 0 Å². The number of likely N-dealkylation sites (N-methyl/N-ethyl adjacent to an activating group) is 1. The summed E-state index contributed by atoms with van der Waals surface area (Å²) >= 11 is 0. The van der Waals surface area contributed by atoms with Gasteiger partial charge >= 0.3 is 6.18 Å². The van der Waals surface area contributed by atoms with Gasteiger partial charge in [-0.05, 0) is 30.7 Å². The summed E-state index contributed by atoms with van der Waals surface area (Å²) in [5, 5.41) is 5.76. The Bertz CT molecular complexity index is 1340. The van der Waals surface area contributed by atoms with E-state index in [-0.39, 0.29) is 24.7 Å². The van der Waals surface area contributed by atoms with E-state index in [0.717, 1.165) is 6.42 Å². The van der Waals surface area contributed by atoms with Gasteiger partial charge in [0.1, 0.15) is 17.3 Å². The summed E-state index contributed by atoms with van der Waals surface area (Å²) in [6.45, 7) is 2.84. The summed E-state index contributed by atoms with van der Waals surface area (Å²) in [5.74, 6) is -5.74. The fourth-order valence-corrected chi connectivity index (χ4v) is 5.66. The number of carbonyl (C=O) groups excluding carboxylic acids is 2. The third-order valence-corrected chi connectivity index (χ3v) is 7.89. The number of carbonyl (C=O) groups is 2. The lowest BCUT2D eigenvalue weighted by Crippen LogP contribution is -2.62. The van der Waals surface area contributed by atoms with Gasteiger partial charge in [0.2, 0.25) is 5.91 Å². The first-order valence-corrected chi connectivity index (χ1v) is 13.4. The first kappa shape index (κ1) is 29.0. The van der Waals surface area contributed by atoms with Crippen molar-refractivity contribution in [2.75, 3.05) is 46.4 Å². The van der Waals surface area contributed by atoms with Gasteiger partial charge in [0.25, 0.3) is 11.6 Å². The summed E-state index contributed by atoms with van der Waals surface area (Å²) in [4.78, 5) is 33.7. The van der Waals surface area contributed by atoms with E-state index >= 15 is 4.39 Å². The molecular weight excluding hydrogens is 544 g/mol. The van der Waals surface area contributed by atoms with Crippen LogP contribution < -0.4 is 16.4 Å². The van der Waals surface area contributed by atoms with E-state index in [1.807, 2.05) is 11.9 Å². The zero-order chi connectivity index (χ0) is 29.4. The van der Waals surface area contributed by atoms with Crippen molar-refractivity contribution in [3.63, 3.8) is 0 Å². The molecule has 3 aliphatic rings. The lowest BCUT2D eigenvalue weighted by Gasteiger charge is -2.44. The van der Waals surface area contributed by atoms with Crippen LogP contribution in [-0.4, -0.2) is 90.9 Å². The van der Waals surface area contributed by atoms with E-state index in [4.69, 9.17) is 10.5 Å². The van der Waals surface area contributed by atoms with Crippen molar-refractivity contribution in [3.05, 3.63) is 65.2 Å². The van der Waals surface area contributed by atoms with E-state index in [1.165, 1.54) is 23.1 Å². The highest BCUT2D eigenvalue weighted by Gasteiger charge is 2.69. The molecule has 1 aromatic carbocycles. The second-order valence-corrected chi connectivity index (χ2v) is 10.6. The number of pyridine rings is 1. The molecule has 1 aromatic heterocycles. The first-order valence-electron chi connectivity index (χ1n) is 13.4. The summed E-state index contributed by atoms with van der Waals surface area (Å²) < 4.78 is 66.3. The molecule has 4 heterocycles. The molecule has 0 radical (unpaired) electrons. The lowest BCUT2D eigenvalue weighted by atomic mass is 9.74. The van der Waals surface area contributed by atoms with Crippen LogP contribution in [0.1, 0.15) is 23.6 Å². The van der Waals surface area contributed by atoms with Crippen LogP contribution in [-0.2, 0) is 20.9 Å². The predicted molar refractivity (Wildman–Crippen MR) is 142 cm³/mol. The van der Waals surface area contributed by atoms with Gasteiger partial charge in [-0.3, -0.25) is 14.6 Å². The third-order valence-electron chi connectivity index (χ3n) is 7.89. The number of rotatable bonds is 7. The average molecular weight is 577 g/mol. The smallest absolute Gasteiger partial charge is 0.380 e. The number of hydrogen-bond acceptors (Lipinski definition) is 7. The summed E-state index contributed by atoms with van der Waals surface area (Å²) in [7, 11) is 1.82. The maximum atomic E-state index is 16.8. The Kier molecular flexibility index (Phi) is 8.04. The normalized spacial score (nSPS) is 25.9. The van der Waals surface area contributed by atoms with E-state index in [1.54, 1.807) is 24.4 Å². The van der Waals surface area contributed by atoms with Crippen LogP contribution in [0.5, 0.6) is 0 Å². The maximum Gasteiger partial charge on any atom is 0.428 e. The highest BCUT2D eigenvalue weighted by molar-refractivity contribution is 6.01. The molecular formula is C28H32F4N6O3. The van der Waals surface area contributed by atoms with E-state index in [9.17, 15) is 22.8 Å². The summed E-state index contributed by atoms with van der Waals surface area (Å²) in [5.41, 5.74) is 1.20. The lowest BCUT2D eigenvalue weighted by molar-refractivity contribution is -0.226. The Hall–Kier alpha value is -3.55. The van der Waals surface area contributed by atoms with Gasteiger partial charge in [0.05, 0.1) is 12.3 Å². The number of amides is 2. The highest BCUT2D eigenvalue weighted by Crippen LogP contribution is 2.52. The molecule has 220 valence electrons. The van der Waals surface area contributed by atoms with Gasteiger partial charge in [-0.1, -0.05) is 30.3 Å². The maximum absolute atomic E-state index is 16.8. The fourth-order valence-electron chi connectivity index (χ4n) is 5.66. The Morgan fingerprint density at radius 3 is 2.63 bits per heavy atom. The Labute approximate surface area is 234 Å². The molecule has 0 spiro atoms. The molecule has 9 nitrogen and oxygen atoms in total. The molecule has 2 amide bonds. The number of nitrogens with zero attached hydrogens (tertiary/aromatic N) is 3. The average Bonchev–Trinajstić information content (AvgIpc) is 3.45. The van der Waals surface area contributed by atoms with Crippen LogP contribution in [0.3, 0.4) is 0 Å². The molecule has 0 saturated carbocycles. The number of aromatic nitrogens is 1. The first-order chi connectivity index (χ1) is 19.5. The molecule has 41 heavy (non-hydrogen) atoms. The van der Waals surface area contributed by atoms with Crippen LogP contribution in [0.2, 0.25) is 0 Å². The van der Waals surface area contributed by atoms with Crippen molar-refractivity contribution in [3.8, 4) is 11.1 Å². The number of alkyl halides is 4. The number of piperazine rings is 1. The standard InChI is InChI=1S/C28H32F4N6O3/c1-37-9-11-38(12-10-37)25-23(24(33)39)27(29,28(30,31)32)22(26(40)36-25)18-5-2-4-17(14-18)20-6-3-8-34-21(20)15-35-19-7-13-41-16-19/h2-6,8,14,19,22,35H,7,9-13,15-16H2,1H3,(H2,33,39)(H,36,40). The number of ether oxygens (including phenoxy) is 1. The summed E-state index contributed by atoms with van der Waals surface area (Å²) in [6, 6.07) is 9.27. The molecule has 4 N–H and O–H groups in total. The minimum atomic E-state index is -5.62. The van der Waals surface area contributed by atoms with Crippen molar-refractivity contribution >= 4 is 11.8 Å². The number of nitrogens with one attached hydrogen (secondary N) is 2. The monoisotopic (exact) mass is 576 g/mol. The van der Waals surface area contributed by atoms with E-state index in [0.29, 0.717) is 49.7 Å². The molecule has 3 aliphatic heterocycles. The van der Waals surface area contributed by atoms with Crippen molar-refractivity contribution < 1.29 is 31.9 Å². The molecule has 13 heteroatoms. The quantitative estimate of drug-likeness (QED) is 0.433. The van der Waals surface area contributed by atoms with Gasteiger partial charge < -0.3 is 30.9 Å². The molecule has 2 aromatic rings. The van der Waals surface area contributed by atoms with Crippen LogP contribution in [0.4, 0.5) is 17.6 Å². The third kappa shape index (κ3) is 5.53. The number of primary amides is 1. The number of nitrogens with two attached hydrogens (primary N) is 1. The van der Waals surface area contributed by atoms with Gasteiger partial charge in [-0.15, -0.1) is 0 Å². The molecule has 2 saturated heterocycles. The Morgan fingerprint density at radius 1 is 1.22 bits per heavy atom. The molecule has 3 atom stereocenters. The summed E-state index contributed by atoms with van der Waals surface area (Å²) in [6.07, 6.45) is -3.18. The Balaban J connectivity index is 1.56. The minimum absolute atomic E-state index is 0.148. The highest BCUT2D eigenvalue weighted by atomic mass is 19.4. The fraction of sp³-hybridized carbons (Fsp3) is 0.464. The molecule has 5 rings (SSSR count). The van der Waals surface area contributed by atoms with Crippen molar-refractivity contribution in [2.24, 2.45) is 5.73 Å². The predicted octanol–water partition coefficient (Wildman–Crippen LogP) is 2.06. The molecule has 3 unspecified atom stereocenters. The largest absolute Gasteiger partial charge is 0.428 e. The van der Waals surface area contributed by atoms with Gasteiger partial charge in [-0.2, -0.15) is 13.2 Å². The van der Waals surface area contributed by atoms with Crippen molar-refractivity contribution in [1.29, 1.82) is 0 Å². The van der Waals surface area contributed by atoms with Gasteiger partial charge in [0, 0.05) is 57.1 Å². The molecule has 2 fully saturated rings. The van der Waals surface area contributed by atoms with E-state index < -0.39 is 41.0 Å². The van der Waals surface area contributed by atoms with Crippen LogP contribution in [0.25, 0.3) is 11.1 Å². The SMILES string of the molecule is CN1CCN(C2=C(C(N)=O)C(F)(C(F)(F)F)C(c3cccc(-c4cccnc4CNC4CCOC4)c3)C(=O)N2)CC1. The number of hydrogen-bond donors (Lipinski definition) is 3. The Morgan fingerprint density at radius 2 is 1.98 bits per heavy atom. The van der Waals surface area contributed by atoms with Gasteiger partial charge in [0.15, 0.2) is 0 Å².